The number of rotatable bonds is 6. The monoisotopic (exact) mass is 714 g/mol. The van der Waals surface area contributed by atoms with Gasteiger partial charge in [0.15, 0.2) is 0 Å². The number of hydrogen-bond donors (Lipinski definition) is 4. The average Bonchev–Trinajstić information content (AvgIpc) is 3.27. The van der Waals surface area contributed by atoms with Gasteiger partial charge >= 0.3 is 0 Å². The van der Waals surface area contributed by atoms with Crippen LogP contribution in [-0.4, -0.2) is 46.2 Å². The van der Waals surface area contributed by atoms with E-state index >= 15 is 0 Å². The Morgan fingerprint density at radius 2 is 0.878 bits per heavy atom. The van der Waals surface area contributed by atoms with E-state index in [0.29, 0.717) is 10.8 Å². The summed E-state index contributed by atoms with van der Waals surface area (Å²) in [6.45, 7) is 0. The number of hydrogen-bond acceptors (Lipinski definition) is 8. The Balaban J connectivity index is 1.32. The summed E-state index contributed by atoms with van der Waals surface area (Å²) in [5.41, 5.74) is -1.56. The molecule has 4 N–H and O–H groups in total. The van der Waals surface area contributed by atoms with E-state index in [9.17, 15) is 43.9 Å². The minimum atomic E-state index is -5.10. The van der Waals surface area contributed by atoms with E-state index in [2.05, 4.69) is 10.6 Å². The van der Waals surface area contributed by atoms with E-state index in [-0.39, 0.29) is 22.3 Å². The number of fused-ring (bicyclic) bond motifs is 5. The number of anilines is 2. The Kier molecular flexibility index (Phi) is 7.42. The van der Waals surface area contributed by atoms with Crippen molar-refractivity contribution in [1.82, 2.24) is 0 Å². The van der Waals surface area contributed by atoms with Crippen LogP contribution in [0.5, 0.6) is 0 Å². The van der Waals surface area contributed by atoms with E-state index in [1.54, 1.807) is 48.5 Å². The smallest absolute Gasteiger partial charge is 0.296 e. The summed E-state index contributed by atoms with van der Waals surface area (Å²) in [6.07, 6.45) is 0. The van der Waals surface area contributed by atoms with Gasteiger partial charge in [0.25, 0.3) is 32.1 Å². The van der Waals surface area contributed by atoms with Crippen LogP contribution in [0.15, 0.2) is 129 Å². The van der Waals surface area contributed by atoms with Gasteiger partial charge in [0.05, 0.1) is 21.2 Å². The van der Waals surface area contributed by atoms with Crippen molar-refractivity contribution in [3.05, 3.63) is 120 Å². The molecule has 7 rings (SSSR count). The van der Waals surface area contributed by atoms with Crippen LogP contribution < -0.4 is 10.6 Å². The van der Waals surface area contributed by atoms with Crippen LogP contribution in [0.3, 0.4) is 0 Å². The highest BCUT2D eigenvalue weighted by molar-refractivity contribution is 7.92. The lowest BCUT2D eigenvalue weighted by Gasteiger charge is -2.13. The summed E-state index contributed by atoms with van der Waals surface area (Å²) in [4.78, 5) is 23.7. The van der Waals surface area contributed by atoms with Gasteiger partial charge < -0.3 is 10.6 Å². The third-order valence-electron chi connectivity index (χ3n) is 8.11. The number of amides is 2. The minimum absolute atomic E-state index is 0.108. The summed E-state index contributed by atoms with van der Waals surface area (Å²) in [6, 6.07) is 26.9. The van der Waals surface area contributed by atoms with E-state index < -0.39 is 72.8 Å². The quantitative estimate of drug-likeness (QED) is 0.153. The Morgan fingerprint density at radius 3 is 1.24 bits per heavy atom. The van der Waals surface area contributed by atoms with Crippen LogP contribution in [0, 0.1) is 0 Å². The van der Waals surface area contributed by atoms with Gasteiger partial charge in [-0.2, -0.15) is 16.8 Å². The largest absolute Gasteiger partial charge is 0.321 e. The molecule has 0 atom stereocenters. The minimum Gasteiger partial charge on any atom is -0.321 e. The number of nitrogens with one attached hydrogen (secondary N) is 2. The van der Waals surface area contributed by atoms with Crippen molar-refractivity contribution < 1.29 is 43.9 Å². The second-order valence-electron chi connectivity index (χ2n) is 11.2. The van der Waals surface area contributed by atoms with Crippen LogP contribution in [-0.2, 0) is 30.1 Å². The SMILES string of the molecule is O=C(Nc1cc2c(cc1S(=O)(=O)O)-c1cc(S(=O)(=O)O)c(NC(=O)c3ccc4ccccc4c3)cc1S2(=O)=O)c1ccc2ccccc2c1. The Hall–Kier alpha value is -5.45. The molecule has 0 spiro atoms. The van der Waals surface area contributed by atoms with Crippen molar-refractivity contribution in [2.24, 2.45) is 0 Å². The van der Waals surface area contributed by atoms with Crippen LogP contribution >= 0.6 is 0 Å². The maximum atomic E-state index is 13.9. The summed E-state index contributed by atoms with van der Waals surface area (Å²) in [7, 11) is -14.7. The lowest BCUT2D eigenvalue weighted by Crippen LogP contribution is -2.15. The summed E-state index contributed by atoms with van der Waals surface area (Å²) >= 11 is 0. The molecule has 2 amide bonds. The molecule has 246 valence electrons. The molecule has 15 heteroatoms. The van der Waals surface area contributed by atoms with Gasteiger partial charge in [-0.3, -0.25) is 18.7 Å². The Morgan fingerprint density at radius 1 is 0.510 bits per heavy atom. The van der Waals surface area contributed by atoms with Gasteiger partial charge in [-0.05, 0) is 70.1 Å². The number of carbonyl (C=O) groups excluding carboxylic acids is 2. The molecule has 6 aromatic carbocycles. The summed E-state index contributed by atoms with van der Waals surface area (Å²) < 4.78 is 97.9. The first kappa shape index (κ1) is 32.1. The maximum Gasteiger partial charge on any atom is 0.296 e. The highest BCUT2D eigenvalue weighted by Crippen LogP contribution is 2.48. The van der Waals surface area contributed by atoms with Crippen molar-refractivity contribution >= 4 is 74.8 Å². The zero-order chi connectivity index (χ0) is 34.9. The van der Waals surface area contributed by atoms with Crippen molar-refractivity contribution in [1.29, 1.82) is 0 Å². The van der Waals surface area contributed by atoms with Crippen LogP contribution in [0.4, 0.5) is 11.4 Å². The van der Waals surface area contributed by atoms with E-state index in [1.807, 2.05) is 24.3 Å². The normalized spacial score (nSPS) is 13.5. The van der Waals surface area contributed by atoms with Gasteiger partial charge in [0.1, 0.15) is 9.79 Å². The molecule has 1 aliphatic heterocycles. The average molecular weight is 715 g/mol. The molecular formula is C34H22N2O10S3. The predicted molar refractivity (Wildman–Crippen MR) is 181 cm³/mol. The van der Waals surface area contributed by atoms with E-state index in [1.165, 1.54) is 12.1 Å². The molecule has 1 heterocycles. The first-order valence-corrected chi connectivity index (χ1v) is 18.6. The molecule has 1 aliphatic rings. The van der Waals surface area contributed by atoms with Crippen molar-refractivity contribution in [2.75, 3.05) is 10.6 Å². The molecular weight excluding hydrogens is 693 g/mol. The fraction of sp³-hybridized carbons (Fsp3) is 0. The maximum absolute atomic E-state index is 13.9. The molecule has 0 aliphatic carbocycles. The standard InChI is InChI=1S/C34H22N2O10S3/c37-33(23-11-9-19-5-1-3-7-21(19)13-23)35-27-17-29-25(15-31(27)48(41,42)43)26-16-32(49(44,45)46)28(18-30(26)47(29,39)40)36-34(38)24-12-10-20-6-2-4-8-22(20)14-24/h1-18H,(H,35,37)(H,36,38)(H,41,42,43)(H,44,45,46). The highest BCUT2D eigenvalue weighted by atomic mass is 32.2. The van der Waals surface area contributed by atoms with Gasteiger partial charge in [0, 0.05) is 22.3 Å². The van der Waals surface area contributed by atoms with Crippen LogP contribution in [0.25, 0.3) is 32.7 Å². The fourth-order valence-corrected chi connectivity index (χ4v) is 8.79. The third-order valence-corrected chi connectivity index (χ3v) is 11.7. The molecule has 0 bridgehead atoms. The number of sulfone groups is 1. The molecule has 12 nitrogen and oxygen atoms in total. The molecule has 0 radical (unpaired) electrons. The lowest BCUT2D eigenvalue weighted by atomic mass is 10.0. The third kappa shape index (κ3) is 5.72. The highest BCUT2D eigenvalue weighted by Gasteiger charge is 2.38. The summed E-state index contributed by atoms with van der Waals surface area (Å²) in [5.74, 6) is -1.62. The summed E-state index contributed by atoms with van der Waals surface area (Å²) in [5, 5.41) is 7.79. The van der Waals surface area contributed by atoms with Crippen molar-refractivity contribution in [2.45, 2.75) is 19.6 Å². The number of carbonyl (C=O) groups is 2. The molecule has 0 fully saturated rings. The van der Waals surface area contributed by atoms with Gasteiger partial charge in [0.2, 0.25) is 9.84 Å². The zero-order valence-electron chi connectivity index (χ0n) is 24.8. The molecule has 49 heavy (non-hydrogen) atoms. The lowest BCUT2D eigenvalue weighted by molar-refractivity contribution is 0.101. The first-order chi connectivity index (χ1) is 23.1. The zero-order valence-corrected chi connectivity index (χ0v) is 27.2. The fourth-order valence-electron chi connectivity index (χ4n) is 5.78. The van der Waals surface area contributed by atoms with Gasteiger partial charge in [-0.1, -0.05) is 60.7 Å². The molecule has 0 saturated carbocycles. The first-order valence-electron chi connectivity index (χ1n) is 14.3. The topological polar surface area (TPSA) is 201 Å². The molecule has 0 unspecified atom stereocenters. The van der Waals surface area contributed by atoms with Gasteiger partial charge in [-0.15, -0.1) is 0 Å². The second-order valence-corrected chi connectivity index (χ2v) is 15.8. The molecule has 6 aromatic rings. The van der Waals surface area contributed by atoms with Gasteiger partial charge in [-0.25, -0.2) is 8.42 Å². The van der Waals surface area contributed by atoms with Crippen LogP contribution in [0.2, 0.25) is 0 Å². The molecule has 0 saturated heterocycles. The van der Waals surface area contributed by atoms with Crippen LogP contribution in [0.1, 0.15) is 20.7 Å². The Bertz CT molecular complexity index is 2590. The number of benzene rings is 6. The van der Waals surface area contributed by atoms with E-state index in [4.69, 9.17) is 0 Å². The van der Waals surface area contributed by atoms with Crippen molar-refractivity contribution in [3.63, 3.8) is 0 Å². The van der Waals surface area contributed by atoms with Crippen molar-refractivity contribution in [3.8, 4) is 11.1 Å². The van der Waals surface area contributed by atoms with E-state index in [0.717, 1.165) is 35.0 Å². The molecule has 0 aromatic heterocycles. The second kappa shape index (κ2) is 11.3. The Labute approximate surface area is 279 Å². The predicted octanol–water partition coefficient (Wildman–Crippen LogP) is 5.80.